The maximum absolute atomic E-state index is 13.0. The summed E-state index contributed by atoms with van der Waals surface area (Å²) in [5.74, 6) is -3.05. The molecule has 0 amide bonds. The normalized spacial score (nSPS) is 10.7. The van der Waals surface area contributed by atoms with Gasteiger partial charge in [0.05, 0.1) is 16.8 Å². The Kier molecular flexibility index (Phi) is 3.67. The molecule has 0 bridgehead atoms. The van der Waals surface area contributed by atoms with Gasteiger partial charge in [-0.2, -0.15) is 4.39 Å². The van der Waals surface area contributed by atoms with E-state index in [-0.39, 0.29) is 11.0 Å². The average molecular weight is 284 g/mol. The molecule has 0 fully saturated rings. The summed E-state index contributed by atoms with van der Waals surface area (Å²) >= 11 is 2.93. The Hall–Kier alpha value is -1.11. The van der Waals surface area contributed by atoms with Gasteiger partial charge < -0.3 is 5.11 Å². The number of rotatable bonds is 3. The average Bonchev–Trinajstić information content (AvgIpc) is 2.15. The molecule has 7 heteroatoms. The van der Waals surface area contributed by atoms with Crippen molar-refractivity contribution in [1.29, 1.82) is 0 Å². The van der Waals surface area contributed by atoms with Gasteiger partial charge in [0.1, 0.15) is 0 Å². The highest BCUT2D eigenvalue weighted by Gasteiger charge is 2.24. The first-order valence-corrected chi connectivity index (χ1v) is 4.86. The van der Waals surface area contributed by atoms with Crippen LogP contribution < -0.4 is 0 Å². The molecule has 0 radical (unpaired) electrons. The van der Waals surface area contributed by atoms with E-state index >= 15 is 0 Å². The highest BCUT2D eigenvalue weighted by molar-refractivity contribution is 9.08. The molecule has 0 atom stereocenters. The zero-order chi connectivity index (χ0) is 11.6. The summed E-state index contributed by atoms with van der Waals surface area (Å²) in [5, 5.41) is 8.71. The van der Waals surface area contributed by atoms with Crippen LogP contribution in [0.3, 0.4) is 0 Å². The lowest BCUT2D eigenvalue weighted by molar-refractivity contribution is 0.0681. The molecular weight excluding hydrogens is 279 g/mol. The van der Waals surface area contributed by atoms with Crippen molar-refractivity contribution in [3.05, 3.63) is 28.8 Å². The van der Waals surface area contributed by atoms with E-state index in [0.29, 0.717) is 0 Å². The zero-order valence-electron chi connectivity index (χ0n) is 7.18. The maximum atomic E-state index is 13.0. The van der Waals surface area contributed by atoms with Crippen molar-refractivity contribution in [2.45, 2.75) is 11.8 Å². The van der Waals surface area contributed by atoms with E-state index in [1.807, 2.05) is 0 Å². The van der Waals surface area contributed by atoms with Crippen LogP contribution >= 0.6 is 15.9 Å². The third-order valence-electron chi connectivity index (χ3n) is 1.65. The molecule has 0 saturated heterocycles. The van der Waals surface area contributed by atoms with E-state index < -0.39 is 29.5 Å². The summed E-state index contributed by atoms with van der Waals surface area (Å²) in [6.07, 6.45) is -3.20. The molecule has 0 aliphatic rings. The van der Waals surface area contributed by atoms with Crippen LogP contribution in [0.4, 0.5) is 13.2 Å². The van der Waals surface area contributed by atoms with E-state index in [0.717, 1.165) is 6.07 Å². The fourth-order valence-corrected chi connectivity index (χ4v) is 1.31. The highest BCUT2D eigenvalue weighted by atomic mass is 79.9. The number of nitrogens with zero attached hydrogens (tertiary/aromatic N) is 1. The second-order valence-electron chi connectivity index (χ2n) is 2.61. The molecule has 1 aromatic rings. The number of pyridine rings is 1. The molecule has 82 valence electrons. The van der Waals surface area contributed by atoms with Crippen LogP contribution in [-0.4, -0.2) is 16.1 Å². The van der Waals surface area contributed by atoms with Crippen LogP contribution in [-0.2, 0) is 5.33 Å². The molecule has 1 heterocycles. The van der Waals surface area contributed by atoms with Crippen molar-refractivity contribution in [1.82, 2.24) is 4.98 Å². The molecule has 15 heavy (non-hydrogen) atoms. The summed E-state index contributed by atoms with van der Waals surface area (Å²) < 4.78 is 37.7. The first-order valence-electron chi connectivity index (χ1n) is 3.74. The van der Waals surface area contributed by atoms with Crippen LogP contribution in [0.2, 0.25) is 0 Å². The summed E-state index contributed by atoms with van der Waals surface area (Å²) in [6.45, 7) is 0. The number of hydrogen-bond donors (Lipinski definition) is 1. The molecule has 1 rings (SSSR count). The first kappa shape index (κ1) is 12.0. The summed E-state index contributed by atoms with van der Waals surface area (Å²) in [4.78, 5) is 13.8. The van der Waals surface area contributed by atoms with Crippen molar-refractivity contribution in [2.75, 3.05) is 0 Å². The molecular formula is C8H5BrF3NO2. The van der Waals surface area contributed by atoms with Gasteiger partial charge in [0.2, 0.25) is 5.95 Å². The van der Waals surface area contributed by atoms with Crippen LogP contribution in [0.25, 0.3) is 0 Å². The minimum absolute atomic E-state index is 0.0503. The predicted molar refractivity (Wildman–Crippen MR) is 48.7 cm³/mol. The Bertz CT molecular complexity index is 398. The second kappa shape index (κ2) is 4.61. The molecule has 0 aromatic carbocycles. The number of alkyl halides is 3. The van der Waals surface area contributed by atoms with Gasteiger partial charge in [-0.25, -0.2) is 18.6 Å². The summed E-state index contributed by atoms with van der Waals surface area (Å²) in [6, 6.07) is 0.918. The second-order valence-corrected chi connectivity index (χ2v) is 3.17. The number of carboxylic acids is 1. The van der Waals surface area contributed by atoms with Crippen LogP contribution in [0.5, 0.6) is 0 Å². The van der Waals surface area contributed by atoms with Crippen LogP contribution in [0, 0.1) is 5.95 Å². The minimum Gasteiger partial charge on any atom is -0.478 e. The zero-order valence-corrected chi connectivity index (χ0v) is 8.76. The van der Waals surface area contributed by atoms with Crippen LogP contribution in [0.15, 0.2) is 6.07 Å². The lowest BCUT2D eigenvalue weighted by Crippen LogP contribution is -2.09. The van der Waals surface area contributed by atoms with E-state index in [2.05, 4.69) is 20.9 Å². The topological polar surface area (TPSA) is 50.2 Å². The SMILES string of the molecule is O=C(O)c1cc(CBr)nc(F)c1C(F)F. The van der Waals surface area contributed by atoms with Gasteiger partial charge in [0.25, 0.3) is 6.43 Å². The van der Waals surface area contributed by atoms with Gasteiger partial charge in [0.15, 0.2) is 0 Å². The van der Waals surface area contributed by atoms with Gasteiger partial charge in [-0.3, -0.25) is 0 Å². The minimum atomic E-state index is -3.20. The standard InChI is InChI=1S/C8H5BrF3NO2/c9-2-3-1-4(8(14)15)5(6(10)11)7(12)13-3/h1,6H,2H2,(H,14,15). The quantitative estimate of drug-likeness (QED) is 0.686. The Balaban J connectivity index is 3.42. The number of halogens is 4. The maximum Gasteiger partial charge on any atom is 0.336 e. The number of hydrogen-bond acceptors (Lipinski definition) is 2. The van der Waals surface area contributed by atoms with Crippen LogP contribution in [0.1, 0.15) is 28.0 Å². The molecule has 1 aromatic heterocycles. The third kappa shape index (κ3) is 2.47. The monoisotopic (exact) mass is 283 g/mol. The first-order chi connectivity index (χ1) is 6.97. The van der Waals surface area contributed by atoms with Crippen molar-refractivity contribution in [2.24, 2.45) is 0 Å². The smallest absolute Gasteiger partial charge is 0.336 e. The Morgan fingerprint density at radius 2 is 2.20 bits per heavy atom. The van der Waals surface area contributed by atoms with Gasteiger partial charge >= 0.3 is 5.97 Å². The van der Waals surface area contributed by atoms with Gasteiger partial charge in [-0.15, -0.1) is 0 Å². The van der Waals surface area contributed by atoms with E-state index in [9.17, 15) is 18.0 Å². The number of carboxylic acid groups (broad SMARTS) is 1. The number of aromatic nitrogens is 1. The molecule has 0 unspecified atom stereocenters. The highest BCUT2D eigenvalue weighted by Crippen LogP contribution is 2.26. The van der Waals surface area contributed by atoms with E-state index in [1.54, 1.807) is 0 Å². The molecule has 0 aliphatic carbocycles. The van der Waals surface area contributed by atoms with Gasteiger partial charge in [-0.05, 0) is 6.07 Å². The largest absolute Gasteiger partial charge is 0.478 e. The van der Waals surface area contributed by atoms with Crippen molar-refractivity contribution in [3.8, 4) is 0 Å². The molecule has 0 saturated carbocycles. The summed E-state index contributed by atoms with van der Waals surface area (Å²) in [5.41, 5.74) is -1.88. The predicted octanol–water partition coefficient (Wildman–Crippen LogP) is 2.75. The fraction of sp³-hybridized carbons (Fsp3) is 0.250. The fourth-order valence-electron chi connectivity index (χ4n) is 1.03. The lowest BCUT2D eigenvalue weighted by atomic mass is 10.1. The lowest BCUT2D eigenvalue weighted by Gasteiger charge is -2.07. The molecule has 0 spiro atoms. The summed E-state index contributed by atoms with van der Waals surface area (Å²) in [7, 11) is 0. The molecule has 1 N–H and O–H groups in total. The van der Waals surface area contributed by atoms with E-state index in [4.69, 9.17) is 5.11 Å². The number of carbonyl (C=O) groups is 1. The number of aromatic carboxylic acids is 1. The van der Waals surface area contributed by atoms with Crippen molar-refractivity contribution in [3.63, 3.8) is 0 Å². The van der Waals surface area contributed by atoms with Gasteiger partial charge in [-0.1, -0.05) is 15.9 Å². The van der Waals surface area contributed by atoms with Gasteiger partial charge in [0, 0.05) is 5.33 Å². The van der Waals surface area contributed by atoms with E-state index in [1.165, 1.54) is 0 Å². The Morgan fingerprint density at radius 1 is 1.60 bits per heavy atom. The third-order valence-corrected chi connectivity index (χ3v) is 2.23. The van der Waals surface area contributed by atoms with Crippen molar-refractivity contribution < 1.29 is 23.1 Å². The molecule has 3 nitrogen and oxygen atoms in total. The Labute approximate surface area is 91.1 Å². The van der Waals surface area contributed by atoms with Crippen molar-refractivity contribution >= 4 is 21.9 Å². The Morgan fingerprint density at radius 3 is 2.60 bits per heavy atom. The molecule has 0 aliphatic heterocycles.